The quantitative estimate of drug-likeness (QED) is 0.182. The molecule has 3 fully saturated rings. The average molecular weight is 577 g/mol. The number of aromatic nitrogens is 1. The number of pyridine rings is 1. The van der Waals surface area contributed by atoms with Crippen LogP contribution in [0.2, 0.25) is 0 Å². The zero-order valence-corrected chi connectivity index (χ0v) is 23.0. The molecule has 5 nitrogen and oxygen atoms in total. The number of allylic oxidation sites excluding steroid dienone is 1. The van der Waals surface area contributed by atoms with Gasteiger partial charge in [-0.2, -0.15) is 0 Å². The third kappa shape index (κ3) is 4.18. The first kappa shape index (κ1) is 25.5. The number of nitrogens with zero attached hydrogens (tertiary/aromatic N) is 2. The topological polar surface area (TPSA) is 59.6 Å². The smallest absolute Gasteiger partial charge is 0.371 e. The average Bonchev–Trinajstić information content (AvgIpc) is 3.15. The van der Waals surface area contributed by atoms with Gasteiger partial charge in [0.2, 0.25) is 0 Å². The molecular formula is C28H37IN2O3. The standard InChI is InChI=1S/C28H37N2O3.HI/c1-18(29-33-26(32)19-6-5-15-30(4)17-19)23-9-10-24-22-8-7-20-16-21(31)11-13-27(20,2)25(22)12-14-28(23,24)3;/h5-6,15-17,22-25H,7-14H2,1-4H3;1H/q+1;/p-1/t22-,23+,24-,25-,27-,28+;/m0./s1. The number of halogens is 1. The number of aryl methyl sites for hydroxylation is 1. The van der Waals surface area contributed by atoms with Crippen molar-refractivity contribution in [1.29, 1.82) is 0 Å². The molecule has 0 aliphatic heterocycles. The lowest BCUT2D eigenvalue weighted by Crippen LogP contribution is -3.00. The third-order valence-corrected chi connectivity index (χ3v) is 9.91. The predicted molar refractivity (Wildman–Crippen MR) is 126 cm³/mol. The molecule has 0 radical (unpaired) electrons. The highest BCUT2D eigenvalue weighted by Crippen LogP contribution is 2.66. The first-order chi connectivity index (χ1) is 15.7. The Morgan fingerprint density at radius 1 is 1.12 bits per heavy atom. The van der Waals surface area contributed by atoms with E-state index in [9.17, 15) is 9.59 Å². The van der Waals surface area contributed by atoms with Gasteiger partial charge in [-0.25, -0.2) is 9.36 Å². The van der Waals surface area contributed by atoms with E-state index in [2.05, 4.69) is 19.0 Å². The Balaban J connectivity index is 0.00000274. The van der Waals surface area contributed by atoms with Gasteiger partial charge in [0.05, 0.1) is 5.71 Å². The summed E-state index contributed by atoms with van der Waals surface area (Å²) in [5, 5.41) is 4.35. The summed E-state index contributed by atoms with van der Waals surface area (Å²) in [6, 6.07) is 3.59. The molecule has 5 rings (SSSR count). The van der Waals surface area contributed by atoms with Crippen molar-refractivity contribution in [3.63, 3.8) is 0 Å². The molecule has 1 aromatic rings. The highest BCUT2D eigenvalue weighted by atomic mass is 127. The van der Waals surface area contributed by atoms with Crippen LogP contribution in [0.4, 0.5) is 0 Å². The van der Waals surface area contributed by atoms with Crippen LogP contribution < -0.4 is 28.5 Å². The number of oxime groups is 1. The number of hydrogen-bond donors (Lipinski definition) is 0. The van der Waals surface area contributed by atoms with Gasteiger partial charge < -0.3 is 28.8 Å². The lowest BCUT2D eigenvalue weighted by Gasteiger charge is -2.58. The van der Waals surface area contributed by atoms with E-state index in [0.717, 1.165) is 30.9 Å². The lowest BCUT2D eigenvalue weighted by molar-refractivity contribution is -0.671. The van der Waals surface area contributed by atoms with Gasteiger partial charge in [0.25, 0.3) is 0 Å². The summed E-state index contributed by atoms with van der Waals surface area (Å²) in [4.78, 5) is 29.9. The minimum Gasteiger partial charge on any atom is -1.00 e. The summed E-state index contributed by atoms with van der Waals surface area (Å²) in [5.74, 6) is 2.39. The summed E-state index contributed by atoms with van der Waals surface area (Å²) >= 11 is 0. The summed E-state index contributed by atoms with van der Waals surface area (Å²) in [6.07, 6.45) is 14.4. The van der Waals surface area contributed by atoms with Crippen molar-refractivity contribution >= 4 is 17.5 Å². The van der Waals surface area contributed by atoms with Crippen LogP contribution in [0.3, 0.4) is 0 Å². The summed E-state index contributed by atoms with van der Waals surface area (Å²) in [7, 11) is 1.89. The maximum atomic E-state index is 12.5. The number of fused-ring (bicyclic) bond motifs is 5. The largest absolute Gasteiger partial charge is 1.00 e. The van der Waals surface area contributed by atoms with Gasteiger partial charge in [-0.15, -0.1) is 0 Å². The van der Waals surface area contributed by atoms with Crippen LogP contribution in [-0.4, -0.2) is 17.5 Å². The van der Waals surface area contributed by atoms with Crippen molar-refractivity contribution in [3.8, 4) is 0 Å². The molecule has 0 aromatic carbocycles. The van der Waals surface area contributed by atoms with Gasteiger partial charge in [-0.1, -0.05) is 24.6 Å². The van der Waals surface area contributed by atoms with Crippen molar-refractivity contribution in [3.05, 3.63) is 41.7 Å². The molecule has 0 spiro atoms. The second-order valence-corrected chi connectivity index (χ2v) is 11.5. The maximum Gasteiger partial charge on any atom is 0.371 e. The first-order valence-electron chi connectivity index (χ1n) is 12.7. The predicted octanol–water partition coefficient (Wildman–Crippen LogP) is 2.20. The minimum absolute atomic E-state index is 0. The van der Waals surface area contributed by atoms with Gasteiger partial charge in [-0.05, 0) is 92.6 Å². The van der Waals surface area contributed by atoms with Crippen molar-refractivity contribution in [2.45, 2.75) is 72.1 Å². The highest BCUT2D eigenvalue weighted by Gasteiger charge is 2.59. The van der Waals surface area contributed by atoms with E-state index < -0.39 is 5.97 Å². The second kappa shape index (κ2) is 9.47. The fourth-order valence-corrected chi connectivity index (χ4v) is 8.18. The molecule has 0 bridgehead atoms. The molecule has 184 valence electrons. The number of hydrogen-bond acceptors (Lipinski definition) is 4. The fourth-order valence-electron chi connectivity index (χ4n) is 8.18. The van der Waals surface area contributed by atoms with Crippen molar-refractivity contribution in [2.75, 3.05) is 0 Å². The zero-order chi connectivity index (χ0) is 23.4. The molecule has 1 aromatic heterocycles. The molecule has 34 heavy (non-hydrogen) atoms. The van der Waals surface area contributed by atoms with Gasteiger partial charge in [0, 0.05) is 18.4 Å². The van der Waals surface area contributed by atoms with Crippen LogP contribution in [0.15, 0.2) is 41.3 Å². The SMILES string of the molecule is CC(=NOC(=O)c1ccc[n+](C)c1)[C@H]1CC[C@H]2[C@@H]3CCC4=CC(=O)CC[C@]4(C)[C@H]3CC[C@]12C.[I-]. The third-order valence-electron chi connectivity index (χ3n) is 9.91. The number of carbonyl (C=O) groups excluding carboxylic acids is 2. The van der Waals surface area contributed by atoms with E-state index in [0.29, 0.717) is 35.5 Å². The number of rotatable bonds is 3. The Labute approximate surface area is 220 Å². The first-order valence-corrected chi connectivity index (χ1v) is 12.7. The zero-order valence-electron chi connectivity index (χ0n) is 20.9. The van der Waals surface area contributed by atoms with E-state index in [4.69, 9.17) is 4.84 Å². The highest BCUT2D eigenvalue weighted by molar-refractivity contribution is 5.92. The summed E-state index contributed by atoms with van der Waals surface area (Å²) < 4.78 is 1.84. The molecule has 0 unspecified atom stereocenters. The molecule has 0 amide bonds. The fraction of sp³-hybridized carbons (Fsp3) is 0.643. The van der Waals surface area contributed by atoms with Crippen LogP contribution >= 0.6 is 0 Å². The maximum absolute atomic E-state index is 12.5. The Morgan fingerprint density at radius 3 is 2.68 bits per heavy atom. The van der Waals surface area contributed by atoms with Crippen LogP contribution in [0.5, 0.6) is 0 Å². The van der Waals surface area contributed by atoms with Crippen LogP contribution in [-0.2, 0) is 16.7 Å². The van der Waals surface area contributed by atoms with Gasteiger partial charge in [0.15, 0.2) is 18.2 Å². The molecule has 4 aliphatic rings. The normalized spacial score (nSPS) is 37.0. The van der Waals surface area contributed by atoms with Crippen molar-refractivity contribution in [1.82, 2.24) is 0 Å². The molecular weight excluding hydrogens is 539 g/mol. The minimum atomic E-state index is -0.402. The molecule has 4 aliphatic carbocycles. The van der Waals surface area contributed by atoms with Crippen molar-refractivity contribution in [2.24, 2.45) is 46.7 Å². The lowest BCUT2D eigenvalue weighted by atomic mass is 9.46. The van der Waals surface area contributed by atoms with Crippen LogP contribution in [0.1, 0.15) is 82.5 Å². The molecule has 1 heterocycles. The molecule has 6 atom stereocenters. The molecule has 0 saturated heterocycles. The van der Waals surface area contributed by atoms with E-state index in [1.54, 1.807) is 12.3 Å². The van der Waals surface area contributed by atoms with Crippen LogP contribution in [0, 0.1) is 34.5 Å². The Kier molecular flexibility index (Phi) is 7.11. The van der Waals surface area contributed by atoms with Gasteiger partial charge in [-0.3, -0.25) is 4.79 Å². The van der Waals surface area contributed by atoms with E-state index in [-0.39, 0.29) is 34.8 Å². The molecule has 3 saturated carbocycles. The Morgan fingerprint density at radius 2 is 1.91 bits per heavy atom. The molecule has 6 heteroatoms. The Bertz CT molecular complexity index is 1050. The van der Waals surface area contributed by atoms with Crippen molar-refractivity contribution < 1.29 is 43.0 Å². The van der Waals surface area contributed by atoms with E-state index >= 15 is 0 Å². The monoisotopic (exact) mass is 576 g/mol. The van der Waals surface area contributed by atoms with Gasteiger partial charge >= 0.3 is 5.97 Å². The summed E-state index contributed by atoms with van der Waals surface area (Å²) in [6.45, 7) is 6.94. The molecule has 0 N–H and O–H groups in total. The summed E-state index contributed by atoms with van der Waals surface area (Å²) in [5.41, 5.74) is 3.32. The number of carbonyl (C=O) groups is 2. The Hall–Kier alpha value is -1.57. The second-order valence-electron chi connectivity index (χ2n) is 11.5. The van der Waals surface area contributed by atoms with E-state index in [1.807, 2.05) is 36.9 Å². The van der Waals surface area contributed by atoms with E-state index in [1.165, 1.54) is 31.3 Å². The van der Waals surface area contributed by atoms with Gasteiger partial charge in [0.1, 0.15) is 12.6 Å². The van der Waals surface area contributed by atoms with Crippen LogP contribution in [0.25, 0.3) is 0 Å². The number of ketones is 1.